The van der Waals surface area contributed by atoms with Gasteiger partial charge in [-0.1, -0.05) is 237 Å². The van der Waals surface area contributed by atoms with Crippen LogP contribution in [0, 0.1) is 0 Å². The number of hydrogen-bond donors (Lipinski definition) is 12. The van der Waals surface area contributed by atoms with E-state index in [1.807, 2.05) is 6.08 Å². The quantitative estimate of drug-likeness (QED) is 0.0204. The summed E-state index contributed by atoms with van der Waals surface area (Å²) >= 11 is 0. The molecular weight excluding hydrogens is 1080 g/mol. The van der Waals surface area contributed by atoms with Crippen molar-refractivity contribution >= 4 is 5.91 Å². The molecule has 3 heterocycles. The van der Waals surface area contributed by atoms with E-state index in [9.17, 15) is 61.0 Å². The van der Waals surface area contributed by atoms with Crippen molar-refractivity contribution in [3.8, 4) is 0 Å². The third-order valence-corrected chi connectivity index (χ3v) is 17.0. The summed E-state index contributed by atoms with van der Waals surface area (Å²) < 4.78 is 34.3. The molecule has 12 N–H and O–H groups in total. The summed E-state index contributed by atoms with van der Waals surface area (Å²) in [5.74, 6) is -0.285. The number of amides is 1. The first-order valence-corrected chi connectivity index (χ1v) is 33.6. The van der Waals surface area contributed by atoms with Crippen LogP contribution in [0.3, 0.4) is 0 Å². The van der Waals surface area contributed by atoms with Crippen LogP contribution in [0.5, 0.6) is 0 Å². The third kappa shape index (κ3) is 30.7. The monoisotopic (exact) mass is 1200 g/mol. The van der Waals surface area contributed by atoms with Crippen molar-refractivity contribution < 1.29 is 89.4 Å². The van der Waals surface area contributed by atoms with Crippen molar-refractivity contribution in [1.29, 1.82) is 0 Å². The molecule has 494 valence electrons. The van der Waals surface area contributed by atoms with Crippen LogP contribution in [0.4, 0.5) is 0 Å². The summed E-state index contributed by atoms with van der Waals surface area (Å²) in [5, 5.41) is 120. The van der Waals surface area contributed by atoms with Gasteiger partial charge in [0.25, 0.3) is 0 Å². The predicted molar refractivity (Wildman–Crippen MR) is 323 cm³/mol. The average Bonchev–Trinajstić information content (AvgIpc) is 3.62. The standard InChI is InChI=1S/C65H121NO18/c1-3-5-7-9-11-13-15-16-17-18-19-20-21-22-23-24-25-26-27-28-29-30-31-33-34-36-38-40-42-49(70)48(66-53(71)43-41-39-37-35-32-14-12-10-8-6-4-2)47-79-63-59(77)56(74)61(51(45-68)81-63)84-65-60(78)57(75)62(52(46-69)82-65)83-64-58(76)55(73)54(72)50(44-67)80-64/h33-34,40,42,48-52,54-65,67-70,72-78H,3-32,35-39,41,43-47H2,1-2H3,(H,66,71)/b34-33+,42-40+. The Kier molecular flexibility index (Phi) is 43.9. The molecule has 3 fully saturated rings. The number of nitrogens with one attached hydrogen (secondary N) is 1. The summed E-state index contributed by atoms with van der Waals surface area (Å²) in [6.07, 6.45) is 26.2. The fraction of sp³-hybridized carbons (Fsp3) is 0.923. The van der Waals surface area contributed by atoms with Crippen molar-refractivity contribution in [1.82, 2.24) is 5.32 Å². The Labute approximate surface area is 505 Å². The van der Waals surface area contributed by atoms with E-state index >= 15 is 0 Å². The van der Waals surface area contributed by atoms with Gasteiger partial charge in [0.1, 0.15) is 73.2 Å². The molecule has 0 aromatic heterocycles. The minimum atomic E-state index is -1.98. The van der Waals surface area contributed by atoms with Crippen LogP contribution < -0.4 is 5.32 Å². The van der Waals surface area contributed by atoms with Crippen molar-refractivity contribution in [3.05, 3.63) is 24.3 Å². The van der Waals surface area contributed by atoms with Crippen LogP contribution in [-0.4, -0.2) is 193 Å². The van der Waals surface area contributed by atoms with Crippen LogP contribution >= 0.6 is 0 Å². The first-order chi connectivity index (χ1) is 40.8. The van der Waals surface area contributed by atoms with Gasteiger partial charge in [0.05, 0.1) is 38.6 Å². The SMILES string of the molecule is CCCCCCCCCCCCCCCCCCCCCCCC/C=C/CC/C=C/C(O)C(COC1OC(CO)C(OC2OC(CO)C(OC3OC(CO)C(O)C(O)C3O)C(O)C2O)C(O)C1O)NC(=O)CCCCCCCCCCCCC. The number of unbranched alkanes of at least 4 members (excludes halogenated alkanes) is 33. The zero-order chi connectivity index (χ0) is 61.2. The first-order valence-electron chi connectivity index (χ1n) is 33.6. The molecular formula is C65H121NO18. The van der Waals surface area contributed by atoms with Gasteiger partial charge in [-0.2, -0.15) is 0 Å². The van der Waals surface area contributed by atoms with Crippen LogP contribution in [0.25, 0.3) is 0 Å². The summed E-state index contributed by atoms with van der Waals surface area (Å²) in [5.41, 5.74) is 0. The summed E-state index contributed by atoms with van der Waals surface area (Å²) in [6.45, 7) is 1.71. The molecule has 0 aromatic carbocycles. The van der Waals surface area contributed by atoms with Crippen LogP contribution in [0.15, 0.2) is 24.3 Å². The Hall–Kier alpha value is -1.73. The largest absolute Gasteiger partial charge is 0.394 e. The maximum atomic E-state index is 13.3. The van der Waals surface area contributed by atoms with Gasteiger partial charge in [0, 0.05) is 6.42 Å². The van der Waals surface area contributed by atoms with E-state index in [4.69, 9.17) is 28.4 Å². The van der Waals surface area contributed by atoms with Gasteiger partial charge in [-0.05, 0) is 32.1 Å². The Bertz CT molecular complexity index is 1630. The summed E-state index contributed by atoms with van der Waals surface area (Å²) in [6, 6.07) is -0.985. The molecule has 17 atom stereocenters. The number of rotatable bonds is 51. The molecule has 3 aliphatic heterocycles. The molecule has 3 aliphatic rings. The lowest BCUT2D eigenvalue weighted by Gasteiger charge is -2.48. The Morgan fingerprint density at radius 1 is 0.417 bits per heavy atom. The molecule has 0 aromatic rings. The lowest BCUT2D eigenvalue weighted by Crippen LogP contribution is -2.66. The molecule has 3 rings (SSSR count). The van der Waals surface area contributed by atoms with E-state index in [1.54, 1.807) is 6.08 Å². The normalized spacial score (nSPS) is 29.3. The smallest absolute Gasteiger partial charge is 0.220 e. The van der Waals surface area contributed by atoms with Crippen LogP contribution in [0.2, 0.25) is 0 Å². The maximum Gasteiger partial charge on any atom is 0.220 e. The van der Waals surface area contributed by atoms with Gasteiger partial charge < -0.3 is 89.9 Å². The zero-order valence-electron chi connectivity index (χ0n) is 51.9. The number of allylic oxidation sites excluding steroid dienone is 3. The predicted octanol–water partition coefficient (Wildman–Crippen LogP) is 7.88. The summed E-state index contributed by atoms with van der Waals surface area (Å²) in [7, 11) is 0. The highest BCUT2D eigenvalue weighted by Gasteiger charge is 2.53. The molecule has 0 saturated carbocycles. The minimum absolute atomic E-state index is 0.239. The first kappa shape index (κ1) is 76.5. The van der Waals surface area contributed by atoms with Crippen LogP contribution in [-0.2, 0) is 33.2 Å². The molecule has 3 saturated heterocycles. The number of hydrogen-bond acceptors (Lipinski definition) is 18. The molecule has 19 nitrogen and oxygen atoms in total. The topological polar surface area (TPSA) is 307 Å². The fourth-order valence-corrected chi connectivity index (χ4v) is 11.5. The van der Waals surface area contributed by atoms with E-state index < -0.39 is 124 Å². The highest BCUT2D eigenvalue weighted by Crippen LogP contribution is 2.33. The zero-order valence-corrected chi connectivity index (χ0v) is 51.9. The number of aliphatic hydroxyl groups excluding tert-OH is 11. The maximum absolute atomic E-state index is 13.3. The highest BCUT2D eigenvalue weighted by atomic mass is 16.8. The minimum Gasteiger partial charge on any atom is -0.394 e. The molecule has 0 spiro atoms. The van der Waals surface area contributed by atoms with Crippen molar-refractivity contribution in [2.45, 2.75) is 356 Å². The van der Waals surface area contributed by atoms with Crippen LogP contribution in [0.1, 0.15) is 251 Å². The van der Waals surface area contributed by atoms with Crippen molar-refractivity contribution in [3.63, 3.8) is 0 Å². The third-order valence-electron chi connectivity index (χ3n) is 17.0. The van der Waals surface area contributed by atoms with Gasteiger partial charge in [-0.3, -0.25) is 4.79 Å². The average molecular weight is 1200 g/mol. The molecule has 0 bridgehead atoms. The van der Waals surface area contributed by atoms with Gasteiger partial charge >= 0.3 is 0 Å². The number of carbonyl (C=O) groups is 1. The van der Waals surface area contributed by atoms with E-state index in [0.29, 0.717) is 12.8 Å². The van der Waals surface area contributed by atoms with E-state index in [-0.39, 0.29) is 18.9 Å². The molecule has 0 aliphatic carbocycles. The van der Waals surface area contributed by atoms with Gasteiger partial charge in [-0.15, -0.1) is 0 Å². The number of aliphatic hydroxyl groups is 11. The fourth-order valence-electron chi connectivity index (χ4n) is 11.5. The van der Waals surface area contributed by atoms with E-state index in [1.165, 1.54) is 180 Å². The molecule has 84 heavy (non-hydrogen) atoms. The van der Waals surface area contributed by atoms with Crippen molar-refractivity contribution in [2.75, 3.05) is 26.4 Å². The molecule has 0 radical (unpaired) electrons. The molecule has 1 amide bonds. The van der Waals surface area contributed by atoms with Gasteiger partial charge in [0.15, 0.2) is 18.9 Å². The second kappa shape index (κ2) is 48.2. The lowest BCUT2D eigenvalue weighted by molar-refractivity contribution is -0.379. The number of carbonyl (C=O) groups excluding carboxylic acids is 1. The Balaban J connectivity index is 1.42. The Morgan fingerprint density at radius 3 is 1.19 bits per heavy atom. The lowest BCUT2D eigenvalue weighted by atomic mass is 9.96. The second-order valence-corrected chi connectivity index (χ2v) is 24.3. The molecule has 19 heteroatoms. The van der Waals surface area contributed by atoms with Crippen molar-refractivity contribution in [2.24, 2.45) is 0 Å². The Morgan fingerprint density at radius 2 is 0.762 bits per heavy atom. The van der Waals surface area contributed by atoms with E-state index in [0.717, 1.165) is 38.5 Å². The molecule has 17 unspecified atom stereocenters. The highest BCUT2D eigenvalue weighted by molar-refractivity contribution is 5.76. The van der Waals surface area contributed by atoms with Gasteiger partial charge in [0.2, 0.25) is 5.91 Å². The summed E-state index contributed by atoms with van der Waals surface area (Å²) in [4.78, 5) is 13.3. The van der Waals surface area contributed by atoms with Gasteiger partial charge in [-0.25, -0.2) is 0 Å². The number of ether oxygens (including phenoxy) is 6. The second-order valence-electron chi connectivity index (χ2n) is 24.3. The van der Waals surface area contributed by atoms with E-state index in [2.05, 4.69) is 31.3 Å².